The number of hydrogen-bond acceptors (Lipinski definition) is 5. The molecule has 9 heteroatoms. The number of carbonyl (C=O) groups excluding carboxylic acids is 2. The number of halogens is 1. The summed E-state index contributed by atoms with van der Waals surface area (Å²) in [4.78, 5) is 37.1. The highest BCUT2D eigenvalue weighted by Crippen LogP contribution is 2.28. The molecule has 1 aliphatic rings. The summed E-state index contributed by atoms with van der Waals surface area (Å²) in [7, 11) is 0. The minimum atomic E-state index is -1.14. The number of nitrogens with one attached hydrogen (secondary N) is 1. The van der Waals surface area contributed by atoms with Crippen LogP contribution in [0.15, 0.2) is 48.0 Å². The third-order valence-electron chi connectivity index (χ3n) is 4.01. The number of carbonyl (C=O) groups is 3. The molecule has 0 unspecified atom stereocenters. The number of amides is 2. The topological polar surface area (TPSA) is 95.9 Å². The van der Waals surface area contributed by atoms with E-state index in [1.54, 1.807) is 18.2 Å². The fourth-order valence-corrected chi connectivity index (χ4v) is 3.14. The highest BCUT2D eigenvalue weighted by Gasteiger charge is 2.34. The summed E-state index contributed by atoms with van der Waals surface area (Å²) in [6.45, 7) is 1.38. The van der Waals surface area contributed by atoms with Crippen molar-refractivity contribution in [3.8, 4) is 5.75 Å². The third kappa shape index (κ3) is 4.61. The van der Waals surface area contributed by atoms with Crippen molar-refractivity contribution in [2.24, 2.45) is 0 Å². The van der Waals surface area contributed by atoms with Crippen LogP contribution in [0.3, 0.4) is 0 Å². The third-order valence-corrected chi connectivity index (χ3v) is 4.59. The maximum Gasteiger partial charge on any atom is 0.341 e. The van der Waals surface area contributed by atoms with Crippen LogP contribution in [0.5, 0.6) is 5.75 Å². The van der Waals surface area contributed by atoms with Gasteiger partial charge in [-0.1, -0.05) is 35.4 Å². The zero-order valence-corrected chi connectivity index (χ0v) is 16.7. The number of anilines is 1. The first-order chi connectivity index (χ1) is 13.8. The van der Waals surface area contributed by atoms with Gasteiger partial charge >= 0.3 is 5.97 Å². The number of aliphatic carboxylic acids is 1. The Kier molecular flexibility index (Phi) is 5.95. The summed E-state index contributed by atoms with van der Waals surface area (Å²) >= 11 is 11.3. The molecule has 3 rings (SSSR count). The van der Waals surface area contributed by atoms with Crippen LogP contribution in [0.4, 0.5) is 5.69 Å². The average molecular weight is 431 g/mol. The Morgan fingerprint density at radius 3 is 2.55 bits per heavy atom. The van der Waals surface area contributed by atoms with Gasteiger partial charge in [0.1, 0.15) is 11.3 Å². The van der Waals surface area contributed by atoms with Crippen molar-refractivity contribution in [1.29, 1.82) is 0 Å². The standard InChI is InChI=1S/C20H15ClN2O5S/c1-11-2-5-13(6-3-11)23-19(27)14(18(26)22-20(23)29)8-12-4-7-16(15(21)9-12)28-10-17(24)25/h2-9H,10H2,1H3,(H,24,25)(H,22,26,29). The molecular formula is C20H15ClN2O5S. The summed E-state index contributed by atoms with van der Waals surface area (Å²) in [6, 6.07) is 11.6. The van der Waals surface area contributed by atoms with E-state index in [0.29, 0.717) is 11.3 Å². The fraction of sp³-hybridized carbons (Fsp3) is 0.100. The van der Waals surface area contributed by atoms with E-state index in [1.165, 1.54) is 23.1 Å². The van der Waals surface area contributed by atoms with Crippen LogP contribution in [-0.4, -0.2) is 34.6 Å². The van der Waals surface area contributed by atoms with Gasteiger partial charge in [0.2, 0.25) is 0 Å². The molecule has 2 amide bonds. The molecule has 0 aliphatic carbocycles. The van der Waals surface area contributed by atoms with Gasteiger partial charge < -0.3 is 9.84 Å². The maximum atomic E-state index is 13.0. The Labute approximate surface area is 176 Å². The highest BCUT2D eigenvalue weighted by atomic mass is 35.5. The second kappa shape index (κ2) is 8.42. The molecule has 1 aliphatic heterocycles. The number of hydrogen-bond donors (Lipinski definition) is 2. The van der Waals surface area contributed by atoms with Gasteiger partial charge in [-0.05, 0) is 55.0 Å². The van der Waals surface area contributed by atoms with Crippen LogP contribution in [0.2, 0.25) is 5.02 Å². The molecule has 2 N–H and O–H groups in total. The Morgan fingerprint density at radius 1 is 1.24 bits per heavy atom. The first-order valence-electron chi connectivity index (χ1n) is 8.38. The monoisotopic (exact) mass is 430 g/mol. The molecule has 0 bridgehead atoms. The lowest BCUT2D eigenvalue weighted by Gasteiger charge is -2.29. The van der Waals surface area contributed by atoms with Crippen LogP contribution < -0.4 is 15.0 Å². The molecule has 0 saturated carbocycles. The molecule has 0 spiro atoms. The first kappa shape index (κ1) is 20.5. The minimum Gasteiger partial charge on any atom is -0.480 e. The van der Waals surface area contributed by atoms with Crippen LogP contribution in [0, 0.1) is 6.92 Å². The molecule has 7 nitrogen and oxygen atoms in total. The quantitative estimate of drug-likeness (QED) is 0.430. The number of benzene rings is 2. The molecular weight excluding hydrogens is 416 g/mol. The van der Waals surface area contributed by atoms with Crippen molar-refractivity contribution in [3.63, 3.8) is 0 Å². The predicted octanol–water partition coefficient (Wildman–Crippen LogP) is 2.94. The van der Waals surface area contributed by atoms with E-state index in [2.05, 4.69) is 5.32 Å². The van der Waals surface area contributed by atoms with Crippen molar-refractivity contribution < 1.29 is 24.2 Å². The van der Waals surface area contributed by atoms with E-state index < -0.39 is 24.4 Å². The van der Waals surface area contributed by atoms with E-state index in [-0.39, 0.29) is 21.5 Å². The lowest BCUT2D eigenvalue weighted by Crippen LogP contribution is -2.54. The zero-order valence-electron chi connectivity index (χ0n) is 15.1. The second-order valence-corrected chi connectivity index (χ2v) is 6.96. The van der Waals surface area contributed by atoms with Gasteiger partial charge in [-0.3, -0.25) is 19.8 Å². The Balaban J connectivity index is 1.91. The number of ether oxygens (including phenoxy) is 1. The van der Waals surface area contributed by atoms with E-state index >= 15 is 0 Å². The van der Waals surface area contributed by atoms with Crippen molar-refractivity contribution in [2.45, 2.75) is 6.92 Å². The number of carboxylic acids is 1. The number of carboxylic acid groups (broad SMARTS) is 1. The molecule has 0 radical (unpaired) electrons. The SMILES string of the molecule is Cc1ccc(N2C(=O)C(=Cc3ccc(OCC(=O)O)c(Cl)c3)C(=O)NC2=S)cc1. The maximum absolute atomic E-state index is 13.0. The van der Waals surface area contributed by atoms with Crippen molar-refractivity contribution >= 4 is 58.5 Å². The van der Waals surface area contributed by atoms with Gasteiger partial charge in [0.05, 0.1) is 10.7 Å². The molecule has 0 atom stereocenters. The molecule has 29 heavy (non-hydrogen) atoms. The predicted molar refractivity (Wildman–Crippen MR) is 112 cm³/mol. The van der Waals surface area contributed by atoms with E-state index in [9.17, 15) is 14.4 Å². The lowest BCUT2D eigenvalue weighted by atomic mass is 10.1. The van der Waals surface area contributed by atoms with Crippen LogP contribution in [0.25, 0.3) is 6.08 Å². The minimum absolute atomic E-state index is 0.00328. The Bertz CT molecular complexity index is 1050. The molecule has 0 aromatic heterocycles. The molecule has 1 heterocycles. The molecule has 1 fully saturated rings. The summed E-state index contributed by atoms with van der Waals surface area (Å²) in [5.74, 6) is -2.14. The molecule has 1 saturated heterocycles. The van der Waals surface area contributed by atoms with E-state index in [4.69, 9.17) is 33.7 Å². The molecule has 148 valence electrons. The van der Waals surface area contributed by atoms with Gasteiger partial charge in [-0.2, -0.15) is 0 Å². The summed E-state index contributed by atoms with van der Waals surface area (Å²) < 4.78 is 5.06. The van der Waals surface area contributed by atoms with Crippen LogP contribution in [0.1, 0.15) is 11.1 Å². The van der Waals surface area contributed by atoms with Gasteiger partial charge in [-0.15, -0.1) is 0 Å². The number of nitrogens with zero attached hydrogens (tertiary/aromatic N) is 1. The van der Waals surface area contributed by atoms with Gasteiger partial charge in [0, 0.05) is 0 Å². The smallest absolute Gasteiger partial charge is 0.341 e. The van der Waals surface area contributed by atoms with Crippen molar-refractivity contribution in [2.75, 3.05) is 11.5 Å². The first-order valence-corrected chi connectivity index (χ1v) is 9.17. The van der Waals surface area contributed by atoms with Crippen LogP contribution in [-0.2, 0) is 14.4 Å². The normalized spacial score (nSPS) is 15.4. The summed E-state index contributed by atoms with van der Waals surface area (Å²) in [5.41, 5.74) is 1.90. The second-order valence-electron chi connectivity index (χ2n) is 6.17. The van der Waals surface area contributed by atoms with Gasteiger partial charge in [0.25, 0.3) is 11.8 Å². The summed E-state index contributed by atoms with van der Waals surface area (Å²) in [5, 5.41) is 11.3. The van der Waals surface area contributed by atoms with Gasteiger partial charge in [0.15, 0.2) is 11.7 Å². The Hall–Kier alpha value is -3.23. The zero-order chi connectivity index (χ0) is 21.1. The summed E-state index contributed by atoms with van der Waals surface area (Å²) in [6.07, 6.45) is 1.38. The lowest BCUT2D eigenvalue weighted by molar-refractivity contribution is -0.139. The largest absolute Gasteiger partial charge is 0.480 e. The fourth-order valence-electron chi connectivity index (χ4n) is 2.62. The Morgan fingerprint density at radius 2 is 1.93 bits per heavy atom. The van der Waals surface area contributed by atoms with E-state index in [1.807, 2.05) is 19.1 Å². The van der Waals surface area contributed by atoms with Crippen molar-refractivity contribution in [3.05, 3.63) is 64.2 Å². The molecule has 2 aromatic carbocycles. The number of aryl methyl sites for hydroxylation is 1. The van der Waals surface area contributed by atoms with E-state index in [0.717, 1.165) is 5.56 Å². The molecule has 2 aromatic rings. The number of thiocarbonyl (C=S) groups is 1. The highest BCUT2D eigenvalue weighted by molar-refractivity contribution is 7.80. The number of rotatable bonds is 5. The van der Waals surface area contributed by atoms with Gasteiger partial charge in [-0.25, -0.2) is 4.79 Å². The van der Waals surface area contributed by atoms with Crippen LogP contribution >= 0.6 is 23.8 Å². The average Bonchev–Trinajstić information content (AvgIpc) is 2.65. The van der Waals surface area contributed by atoms with Crippen molar-refractivity contribution in [1.82, 2.24) is 5.32 Å².